The molecule has 0 aromatic heterocycles. The van der Waals surface area contributed by atoms with Crippen molar-refractivity contribution in [3.63, 3.8) is 0 Å². The number of amidine groups is 1. The minimum Gasteiger partial charge on any atom is -0.466 e. The van der Waals surface area contributed by atoms with Crippen molar-refractivity contribution in [3.8, 4) is 0 Å². The van der Waals surface area contributed by atoms with Gasteiger partial charge in [0.1, 0.15) is 5.57 Å². The number of halogens is 1. The van der Waals surface area contributed by atoms with Crippen LogP contribution in [0.15, 0.2) is 40.4 Å². The molecule has 0 aliphatic carbocycles. The average Bonchev–Trinajstić information content (AvgIpc) is 3.06. The number of carbonyl (C=O) groups is 3. The molecule has 1 unspecified atom stereocenters. The molecule has 2 aliphatic rings. The first-order chi connectivity index (χ1) is 14.1. The summed E-state index contributed by atoms with van der Waals surface area (Å²) in [6.07, 6.45) is 0.211. The summed E-state index contributed by atoms with van der Waals surface area (Å²) in [7, 11) is 2.45. The van der Waals surface area contributed by atoms with Gasteiger partial charge in [0.25, 0.3) is 0 Å². The Balaban J connectivity index is 2.40. The standard InChI is InChI=1S/C21H24ClN3O5/c1-21(2,3)23-18-16(20(28)30-5)15(19(27)29-4)17(12-7-6-8-13(22)11-12)24-10-9-14(26)25(18)24/h6-8,11,17H,9-10H2,1-5H3. The SMILES string of the molecule is COC(=O)C1=C(C(=O)OC)C(c2cccc(Cl)c2)N2CCC(=O)N2C1=NC(C)(C)C. The second-order valence-electron chi connectivity index (χ2n) is 7.95. The summed E-state index contributed by atoms with van der Waals surface area (Å²) in [5.74, 6) is -1.63. The molecule has 2 heterocycles. The minimum atomic E-state index is -0.773. The Morgan fingerprint density at radius 1 is 1.17 bits per heavy atom. The van der Waals surface area contributed by atoms with Gasteiger partial charge in [0.2, 0.25) is 5.91 Å². The van der Waals surface area contributed by atoms with Crippen molar-refractivity contribution in [2.24, 2.45) is 4.99 Å². The van der Waals surface area contributed by atoms with E-state index in [1.165, 1.54) is 19.2 Å². The Morgan fingerprint density at radius 3 is 2.40 bits per heavy atom. The molecule has 1 aromatic carbocycles. The number of esters is 2. The molecule has 1 saturated heterocycles. The van der Waals surface area contributed by atoms with E-state index in [-0.39, 0.29) is 29.3 Å². The number of hydrogen-bond donors (Lipinski definition) is 0. The molecule has 1 aromatic rings. The largest absolute Gasteiger partial charge is 0.466 e. The molecule has 0 bridgehead atoms. The lowest BCUT2D eigenvalue weighted by Gasteiger charge is -2.41. The lowest BCUT2D eigenvalue weighted by molar-refractivity contribution is -0.142. The molecule has 2 aliphatic heterocycles. The topological polar surface area (TPSA) is 88.5 Å². The van der Waals surface area contributed by atoms with E-state index in [1.54, 1.807) is 29.3 Å². The van der Waals surface area contributed by atoms with Crippen LogP contribution in [0.1, 0.15) is 38.8 Å². The summed E-state index contributed by atoms with van der Waals surface area (Å²) in [4.78, 5) is 43.3. The zero-order chi connectivity index (χ0) is 22.2. The van der Waals surface area contributed by atoms with Crippen molar-refractivity contribution in [3.05, 3.63) is 46.0 Å². The van der Waals surface area contributed by atoms with Crippen molar-refractivity contribution >= 4 is 35.3 Å². The highest BCUT2D eigenvalue weighted by atomic mass is 35.5. The van der Waals surface area contributed by atoms with Crippen LogP contribution in [0.2, 0.25) is 5.02 Å². The number of rotatable bonds is 3. The van der Waals surface area contributed by atoms with Crippen molar-refractivity contribution in [1.82, 2.24) is 10.0 Å². The molecule has 1 atom stereocenters. The predicted octanol–water partition coefficient (Wildman–Crippen LogP) is 2.68. The quantitative estimate of drug-likeness (QED) is 0.681. The number of nitrogens with zero attached hydrogens (tertiary/aromatic N) is 3. The molecule has 30 heavy (non-hydrogen) atoms. The normalized spacial score (nSPS) is 21.1. The predicted molar refractivity (Wildman–Crippen MR) is 111 cm³/mol. The third kappa shape index (κ3) is 3.97. The van der Waals surface area contributed by atoms with Crippen LogP contribution in [0.4, 0.5) is 0 Å². The van der Waals surface area contributed by atoms with Crippen LogP contribution in [0.25, 0.3) is 0 Å². The number of ether oxygens (including phenoxy) is 2. The van der Waals surface area contributed by atoms with Gasteiger partial charge in [-0.3, -0.25) is 9.79 Å². The Kier molecular flexibility index (Phi) is 6.01. The van der Waals surface area contributed by atoms with E-state index in [1.807, 2.05) is 20.8 Å². The van der Waals surface area contributed by atoms with Gasteiger partial charge < -0.3 is 9.47 Å². The number of benzene rings is 1. The molecule has 9 heteroatoms. The van der Waals surface area contributed by atoms with Crippen LogP contribution in [0.3, 0.4) is 0 Å². The number of hydrogen-bond acceptors (Lipinski definition) is 7. The number of carbonyl (C=O) groups excluding carboxylic acids is 3. The van der Waals surface area contributed by atoms with Crippen LogP contribution < -0.4 is 0 Å². The fourth-order valence-electron chi connectivity index (χ4n) is 3.62. The van der Waals surface area contributed by atoms with E-state index >= 15 is 0 Å². The van der Waals surface area contributed by atoms with Gasteiger partial charge in [0.05, 0.1) is 31.4 Å². The maximum atomic E-state index is 12.9. The molecular weight excluding hydrogens is 410 g/mol. The van der Waals surface area contributed by atoms with Gasteiger partial charge in [-0.05, 0) is 38.5 Å². The number of amides is 1. The number of aliphatic imine (C=N–C) groups is 1. The van der Waals surface area contributed by atoms with Gasteiger partial charge in [0, 0.05) is 18.0 Å². The fourth-order valence-corrected chi connectivity index (χ4v) is 3.82. The Hall–Kier alpha value is -2.71. The van der Waals surface area contributed by atoms with Crippen molar-refractivity contribution in [1.29, 1.82) is 0 Å². The summed E-state index contributed by atoms with van der Waals surface area (Å²) >= 11 is 6.19. The van der Waals surface area contributed by atoms with E-state index in [0.717, 1.165) is 0 Å². The van der Waals surface area contributed by atoms with Gasteiger partial charge in [-0.25, -0.2) is 14.6 Å². The van der Waals surface area contributed by atoms with Crippen molar-refractivity contribution < 1.29 is 23.9 Å². The van der Waals surface area contributed by atoms with E-state index < -0.39 is 23.5 Å². The summed E-state index contributed by atoms with van der Waals surface area (Å²) < 4.78 is 10.0. The van der Waals surface area contributed by atoms with Gasteiger partial charge in [0.15, 0.2) is 5.84 Å². The molecule has 8 nitrogen and oxygen atoms in total. The van der Waals surface area contributed by atoms with Crippen molar-refractivity contribution in [2.75, 3.05) is 20.8 Å². The van der Waals surface area contributed by atoms with Gasteiger partial charge in [-0.1, -0.05) is 23.7 Å². The fraction of sp³-hybridized carbons (Fsp3) is 0.429. The lowest BCUT2D eigenvalue weighted by atomic mass is 9.90. The molecule has 160 valence electrons. The minimum absolute atomic E-state index is 0.0561. The highest BCUT2D eigenvalue weighted by molar-refractivity contribution is 6.30. The third-order valence-electron chi connectivity index (χ3n) is 4.71. The molecular formula is C21H24ClN3O5. The summed E-state index contributed by atoms with van der Waals surface area (Å²) in [6.45, 7) is 5.84. The molecule has 0 N–H and O–H groups in total. The van der Waals surface area contributed by atoms with Gasteiger partial charge >= 0.3 is 11.9 Å². The summed E-state index contributed by atoms with van der Waals surface area (Å²) in [6, 6.07) is 6.15. The zero-order valence-corrected chi connectivity index (χ0v) is 18.3. The van der Waals surface area contributed by atoms with E-state index in [2.05, 4.69) is 4.99 Å². The molecule has 1 fully saturated rings. The van der Waals surface area contributed by atoms with E-state index in [9.17, 15) is 14.4 Å². The number of methoxy groups -OCH3 is 2. The van der Waals surface area contributed by atoms with Crippen LogP contribution in [0, 0.1) is 0 Å². The second kappa shape index (κ2) is 8.20. The molecule has 0 spiro atoms. The van der Waals surface area contributed by atoms with Crippen LogP contribution in [0.5, 0.6) is 0 Å². The van der Waals surface area contributed by atoms with Crippen molar-refractivity contribution in [2.45, 2.75) is 38.8 Å². The monoisotopic (exact) mass is 433 g/mol. The van der Waals surface area contributed by atoms with E-state index in [4.69, 9.17) is 21.1 Å². The average molecular weight is 434 g/mol. The molecule has 1 amide bonds. The van der Waals surface area contributed by atoms with Crippen LogP contribution in [-0.4, -0.2) is 60.0 Å². The highest BCUT2D eigenvalue weighted by Gasteiger charge is 2.50. The molecule has 0 radical (unpaired) electrons. The third-order valence-corrected chi connectivity index (χ3v) is 4.95. The van der Waals surface area contributed by atoms with Crippen LogP contribution >= 0.6 is 11.6 Å². The van der Waals surface area contributed by atoms with Gasteiger partial charge in [-0.2, -0.15) is 5.01 Å². The Bertz CT molecular complexity index is 964. The highest BCUT2D eigenvalue weighted by Crippen LogP contribution is 2.41. The Morgan fingerprint density at radius 2 is 1.83 bits per heavy atom. The smallest absolute Gasteiger partial charge is 0.342 e. The zero-order valence-electron chi connectivity index (χ0n) is 17.6. The number of hydrazine groups is 1. The maximum absolute atomic E-state index is 12.9. The number of fused-ring (bicyclic) bond motifs is 1. The summed E-state index contributed by atoms with van der Waals surface area (Å²) in [5.41, 5.74) is -0.0251. The van der Waals surface area contributed by atoms with Gasteiger partial charge in [-0.15, -0.1) is 0 Å². The Labute approximate surface area is 180 Å². The lowest BCUT2D eigenvalue weighted by Crippen LogP contribution is -2.53. The maximum Gasteiger partial charge on any atom is 0.342 e. The first kappa shape index (κ1) is 22.0. The second-order valence-corrected chi connectivity index (χ2v) is 8.39. The first-order valence-electron chi connectivity index (χ1n) is 9.45. The van der Waals surface area contributed by atoms with Crippen LogP contribution in [-0.2, 0) is 23.9 Å². The molecule has 0 saturated carbocycles. The first-order valence-corrected chi connectivity index (χ1v) is 9.83. The van der Waals surface area contributed by atoms with E-state index in [0.29, 0.717) is 17.1 Å². The molecule has 3 rings (SSSR count). The summed E-state index contributed by atoms with van der Waals surface area (Å²) in [5, 5.41) is 3.55.